The van der Waals surface area contributed by atoms with Crippen LogP contribution >= 0.6 is 11.6 Å². The Kier molecular flexibility index (Phi) is 5.56. The van der Waals surface area contributed by atoms with Gasteiger partial charge in [-0.1, -0.05) is 48.9 Å². The number of nitrogens with two attached hydrogens (primary N) is 1. The van der Waals surface area contributed by atoms with Gasteiger partial charge in [-0.05, 0) is 55.9 Å². The Balaban J connectivity index is 1.53. The smallest absolute Gasteiger partial charge is 0.138 e. The summed E-state index contributed by atoms with van der Waals surface area (Å²) in [4.78, 5) is 4.16. The fraction of sp³-hybridized carbons (Fsp3) is 0.375. The zero-order valence-corrected chi connectivity index (χ0v) is 17.0. The fourth-order valence-corrected chi connectivity index (χ4v) is 4.92. The van der Waals surface area contributed by atoms with Crippen molar-refractivity contribution < 1.29 is 4.74 Å². The highest BCUT2D eigenvalue weighted by Gasteiger charge is 2.41. The van der Waals surface area contributed by atoms with Crippen LogP contribution < -0.4 is 10.5 Å². The van der Waals surface area contributed by atoms with E-state index in [0.29, 0.717) is 5.02 Å². The molecule has 1 heterocycles. The van der Waals surface area contributed by atoms with E-state index in [0.717, 1.165) is 48.6 Å². The number of ether oxygens (including phenoxy) is 1. The van der Waals surface area contributed by atoms with Crippen LogP contribution in [0, 0.1) is 0 Å². The number of halogens is 1. The van der Waals surface area contributed by atoms with Gasteiger partial charge in [0.1, 0.15) is 5.75 Å². The highest BCUT2D eigenvalue weighted by atomic mass is 35.5. The molecule has 0 radical (unpaired) electrons. The molecule has 1 aromatic heterocycles. The Hall–Kier alpha value is -2.10. The molecular formula is C24H27ClN2O. The van der Waals surface area contributed by atoms with E-state index >= 15 is 0 Å². The molecule has 1 atom stereocenters. The van der Waals surface area contributed by atoms with Gasteiger partial charge in [-0.15, -0.1) is 0 Å². The number of rotatable bonds is 5. The molecule has 0 aliphatic heterocycles. The topological polar surface area (TPSA) is 48.1 Å². The number of fused-ring (bicyclic) bond motifs is 1. The van der Waals surface area contributed by atoms with Gasteiger partial charge >= 0.3 is 0 Å². The molecule has 1 fully saturated rings. The maximum atomic E-state index is 6.63. The summed E-state index contributed by atoms with van der Waals surface area (Å²) in [7, 11) is 0. The first-order valence-electron chi connectivity index (χ1n) is 10.1. The van der Waals surface area contributed by atoms with E-state index in [1.165, 1.54) is 5.56 Å². The van der Waals surface area contributed by atoms with Crippen LogP contribution in [-0.4, -0.2) is 17.1 Å². The standard InChI is InChI=1S/C24H27ClN2O/c1-2-22(26)24(18-6-4-3-5-7-18)13-10-19(11-14-24)28-21-9-8-17-16-27-15-12-20(17)23(21)25/h3-9,12,15-16,19,22H,2,10-11,13-14,26H2,1H3/t19-,22-,24+/m0/s1. The van der Waals surface area contributed by atoms with Gasteiger partial charge < -0.3 is 10.5 Å². The Morgan fingerprint density at radius 1 is 1.14 bits per heavy atom. The normalized spacial score (nSPS) is 23.5. The van der Waals surface area contributed by atoms with E-state index in [9.17, 15) is 0 Å². The zero-order valence-electron chi connectivity index (χ0n) is 16.3. The van der Waals surface area contributed by atoms with Crippen LogP contribution in [0.3, 0.4) is 0 Å². The Labute approximate surface area is 171 Å². The summed E-state index contributed by atoms with van der Waals surface area (Å²) in [5, 5.41) is 2.68. The molecule has 1 aliphatic carbocycles. The molecule has 3 nitrogen and oxygen atoms in total. The van der Waals surface area contributed by atoms with Gasteiger partial charge in [0, 0.05) is 34.6 Å². The minimum atomic E-state index is 0.0364. The van der Waals surface area contributed by atoms with Gasteiger partial charge in [0.2, 0.25) is 0 Å². The van der Waals surface area contributed by atoms with Gasteiger partial charge in [0.25, 0.3) is 0 Å². The van der Waals surface area contributed by atoms with Crippen LogP contribution in [0.5, 0.6) is 5.75 Å². The molecule has 0 unspecified atom stereocenters. The number of hydrogen-bond acceptors (Lipinski definition) is 3. The Bertz CT molecular complexity index is 936. The summed E-state index contributed by atoms with van der Waals surface area (Å²) < 4.78 is 6.34. The second-order valence-electron chi connectivity index (χ2n) is 7.83. The SMILES string of the molecule is CC[C@H](N)[C@]1(c2ccccc2)CC[C@H](Oc2ccc3cnccc3c2Cl)CC1. The summed E-state index contributed by atoms with van der Waals surface area (Å²) in [5.74, 6) is 0.761. The van der Waals surface area contributed by atoms with Gasteiger partial charge in [0.15, 0.2) is 0 Å². The van der Waals surface area contributed by atoms with Crippen molar-refractivity contribution in [3.05, 3.63) is 71.5 Å². The van der Waals surface area contributed by atoms with Crippen LogP contribution in [-0.2, 0) is 5.41 Å². The van der Waals surface area contributed by atoms with E-state index in [1.54, 1.807) is 6.20 Å². The average Bonchev–Trinajstić information content (AvgIpc) is 2.76. The summed E-state index contributed by atoms with van der Waals surface area (Å²) >= 11 is 6.61. The Morgan fingerprint density at radius 3 is 2.61 bits per heavy atom. The van der Waals surface area contributed by atoms with Crippen LogP contribution in [0.1, 0.15) is 44.6 Å². The highest BCUT2D eigenvalue weighted by Crippen LogP contribution is 2.44. The molecule has 1 aliphatic rings. The van der Waals surface area contributed by atoms with E-state index in [4.69, 9.17) is 22.1 Å². The maximum absolute atomic E-state index is 6.63. The predicted octanol–water partition coefficient (Wildman–Crippen LogP) is 5.88. The molecular weight excluding hydrogens is 368 g/mol. The fourth-order valence-electron chi connectivity index (χ4n) is 4.64. The first kappa shape index (κ1) is 19.2. The van der Waals surface area contributed by atoms with Crippen molar-refractivity contribution in [1.29, 1.82) is 0 Å². The molecule has 4 heteroatoms. The number of hydrogen-bond donors (Lipinski definition) is 1. The Morgan fingerprint density at radius 2 is 1.89 bits per heavy atom. The lowest BCUT2D eigenvalue weighted by atomic mass is 9.64. The molecule has 4 rings (SSSR count). The molecule has 2 N–H and O–H groups in total. The lowest BCUT2D eigenvalue weighted by Gasteiger charge is -2.44. The van der Waals surface area contributed by atoms with E-state index in [2.05, 4.69) is 42.2 Å². The van der Waals surface area contributed by atoms with Crippen molar-refractivity contribution >= 4 is 22.4 Å². The van der Waals surface area contributed by atoms with Gasteiger partial charge in [-0.25, -0.2) is 0 Å². The highest BCUT2D eigenvalue weighted by molar-refractivity contribution is 6.37. The molecule has 1 saturated carbocycles. The van der Waals surface area contributed by atoms with Crippen LogP contribution in [0.4, 0.5) is 0 Å². The van der Waals surface area contributed by atoms with Crippen molar-refractivity contribution in [2.45, 2.75) is 56.6 Å². The number of aromatic nitrogens is 1. The average molecular weight is 395 g/mol. The minimum Gasteiger partial charge on any atom is -0.489 e. The van der Waals surface area contributed by atoms with Crippen LogP contribution in [0.25, 0.3) is 10.8 Å². The van der Waals surface area contributed by atoms with Gasteiger partial charge in [-0.3, -0.25) is 4.98 Å². The van der Waals surface area contributed by atoms with Gasteiger partial charge in [-0.2, -0.15) is 0 Å². The second-order valence-corrected chi connectivity index (χ2v) is 8.21. The van der Waals surface area contributed by atoms with Crippen LogP contribution in [0.2, 0.25) is 5.02 Å². The van der Waals surface area contributed by atoms with E-state index in [1.807, 2.05) is 24.4 Å². The van der Waals surface area contributed by atoms with E-state index < -0.39 is 0 Å². The maximum Gasteiger partial charge on any atom is 0.138 e. The number of pyridine rings is 1. The first-order valence-corrected chi connectivity index (χ1v) is 10.5. The summed E-state index contributed by atoms with van der Waals surface area (Å²) in [6, 6.07) is 16.8. The van der Waals surface area contributed by atoms with Gasteiger partial charge in [0.05, 0.1) is 11.1 Å². The summed E-state index contributed by atoms with van der Waals surface area (Å²) in [6.45, 7) is 2.18. The summed E-state index contributed by atoms with van der Waals surface area (Å²) in [6.07, 6.45) is 8.76. The third kappa shape index (κ3) is 3.49. The zero-order chi connectivity index (χ0) is 19.6. The number of nitrogens with zero attached hydrogens (tertiary/aromatic N) is 1. The molecule has 0 spiro atoms. The van der Waals surface area contributed by atoms with Crippen molar-refractivity contribution in [3.63, 3.8) is 0 Å². The van der Waals surface area contributed by atoms with Crippen molar-refractivity contribution in [2.24, 2.45) is 5.73 Å². The molecule has 0 saturated heterocycles. The van der Waals surface area contributed by atoms with Crippen LogP contribution in [0.15, 0.2) is 60.9 Å². The molecule has 28 heavy (non-hydrogen) atoms. The quantitative estimate of drug-likeness (QED) is 0.587. The summed E-state index contributed by atoms with van der Waals surface area (Å²) in [5.41, 5.74) is 8.03. The lowest BCUT2D eigenvalue weighted by molar-refractivity contribution is 0.104. The molecule has 0 bridgehead atoms. The van der Waals surface area contributed by atoms with Crippen molar-refractivity contribution in [3.8, 4) is 5.75 Å². The monoisotopic (exact) mass is 394 g/mol. The number of benzene rings is 2. The predicted molar refractivity (Wildman–Crippen MR) is 116 cm³/mol. The largest absolute Gasteiger partial charge is 0.489 e. The molecule has 0 amide bonds. The van der Waals surface area contributed by atoms with E-state index in [-0.39, 0.29) is 17.6 Å². The third-order valence-corrected chi connectivity index (χ3v) is 6.73. The molecule has 2 aromatic carbocycles. The first-order chi connectivity index (χ1) is 13.6. The van der Waals surface area contributed by atoms with Crippen molar-refractivity contribution in [1.82, 2.24) is 4.98 Å². The lowest BCUT2D eigenvalue weighted by Crippen LogP contribution is -2.48. The third-order valence-electron chi connectivity index (χ3n) is 6.34. The molecule has 3 aromatic rings. The second kappa shape index (κ2) is 8.10. The minimum absolute atomic E-state index is 0.0364. The van der Waals surface area contributed by atoms with Crippen molar-refractivity contribution in [2.75, 3.05) is 0 Å². The molecule has 146 valence electrons.